The van der Waals surface area contributed by atoms with Crippen molar-refractivity contribution in [1.82, 2.24) is 4.90 Å². The average molecular weight is 387 g/mol. The second-order valence-electron chi connectivity index (χ2n) is 4.63. The van der Waals surface area contributed by atoms with E-state index in [1.807, 2.05) is 6.92 Å². The van der Waals surface area contributed by atoms with Crippen LogP contribution < -0.4 is 0 Å². The normalized spacial score (nSPS) is 16.9. The van der Waals surface area contributed by atoms with E-state index in [1.165, 1.54) is 7.11 Å². The Balaban J connectivity index is 2.44. The van der Waals surface area contributed by atoms with Gasteiger partial charge in [-0.15, -0.1) is 0 Å². The van der Waals surface area contributed by atoms with Gasteiger partial charge in [-0.3, -0.25) is 14.5 Å². The molecule has 1 aliphatic heterocycles. The molecule has 0 aromatic heterocycles. The Morgan fingerprint density at radius 1 is 1.25 bits per heavy atom. The van der Waals surface area contributed by atoms with Crippen LogP contribution in [0.5, 0.6) is 0 Å². The second-order valence-corrected chi connectivity index (χ2v) is 5.51. The Morgan fingerprint density at radius 3 is 2.15 bits per heavy atom. The Bertz CT molecular complexity index is 537. The van der Waals surface area contributed by atoms with Gasteiger partial charge in [0.05, 0.1) is 18.2 Å². The third-order valence-electron chi connectivity index (χ3n) is 3.33. The van der Waals surface area contributed by atoms with Crippen molar-refractivity contribution in [3.05, 3.63) is 35.4 Å². The predicted molar refractivity (Wildman–Crippen MR) is 80.8 cm³/mol. The lowest BCUT2D eigenvalue weighted by Crippen LogP contribution is -2.49. The molecule has 0 aliphatic carbocycles. The maximum absolute atomic E-state index is 12.4. The van der Waals surface area contributed by atoms with Crippen LogP contribution in [-0.4, -0.2) is 40.3 Å². The van der Waals surface area contributed by atoms with Gasteiger partial charge in [0.15, 0.2) is 0 Å². The number of nitrogens with zero attached hydrogens (tertiary/aromatic N) is 1. The first-order valence-corrected chi connectivity index (χ1v) is 7.66. The molecule has 0 fully saturated rings. The summed E-state index contributed by atoms with van der Waals surface area (Å²) < 4.78 is 5.38. The van der Waals surface area contributed by atoms with Gasteiger partial charge in [-0.2, -0.15) is 0 Å². The number of carbonyl (C=O) groups excluding carboxylic acids is 3. The topological polar surface area (TPSA) is 63.7 Å². The Labute approximate surface area is 130 Å². The highest BCUT2D eigenvalue weighted by Gasteiger charge is 2.45. The van der Waals surface area contributed by atoms with Gasteiger partial charge in [-0.05, 0) is 18.1 Å². The largest absolute Gasteiger partial charge is 0.467 e. The SMILES string of the molecule is COC(=O)[C@H]([C@@H](C)CI)N1C(=O)c2ccccc2C1=O. The first-order valence-electron chi connectivity index (χ1n) is 6.13. The molecule has 0 radical (unpaired) electrons. The first-order chi connectivity index (χ1) is 9.52. The summed E-state index contributed by atoms with van der Waals surface area (Å²) in [7, 11) is 1.26. The molecule has 0 saturated carbocycles. The number of amides is 2. The molecule has 20 heavy (non-hydrogen) atoms. The van der Waals surface area contributed by atoms with Gasteiger partial charge in [-0.25, -0.2) is 4.79 Å². The number of methoxy groups -OCH3 is 1. The molecule has 1 aromatic rings. The summed E-state index contributed by atoms with van der Waals surface area (Å²) in [5.41, 5.74) is 0.680. The maximum atomic E-state index is 12.4. The molecule has 0 saturated heterocycles. The zero-order valence-electron chi connectivity index (χ0n) is 11.1. The van der Waals surface area contributed by atoms with E-state index in [1.54, 1.807) is 24.3 Å². The van der Waals surface area contributed by atoms with E-state index in [0.29, 0.717) is 15.6 Å². The minimum Gasteiger partial charge on any atom is -0.467 e. The van der Waals surface area contributed by atoms with Gasteiger partial charge in [0.25, 0.3) is 11.8 Å². The van der Waals surface area contributed by atoms with E-state index in [-0.39, 0.29) is 5.92 Å². The lowest BCUT2D eigenvalue weighted by molar-refractivity contribution is -0.146. The number of ether oxygens (including phenoxy) is 1. The molecule has 2 rings (SSSR count). The van der Waals surface area contributed by atoms with E-state index in [4.69, 9.17) is 4.74 Å². The number of hydrogen-bond donors (Lipinski definition) is 0. The number of benzene rings is 1. The van der Waals surface area contributed by atoms with Gasteiger partial charge in [0, 0.05) is 4.43 Å². The van der Waals surface area contributed by atoms with Crippen molar-refractivity contribution in [3.63, 3.8) is 0 Å². The summed E-state index contributed by atoms with van der Waals surface area (Å²) in [5, 5.41) is 0. The molecule has 2 amide bonds. The summed E-state index contributed by atoms with van der Waals surface area (Å²) in [6, 6.07) is 5.70. The van der Waals surface area contributed by atoms with E-state index < -0.39 is 23.8 Å². The molecule has 6 heteroatoms. The molecule has 1 aromatic carbocycles. The van der Waals surface area contributed by atoms with Crippen molar-refractivity contribution >= 4 is 40.4 Å². The van der Waals surface area contributed by atoms with Crippen LogP contribution in [0.25, 0.3) is 0 Å². The van der Waals surface area contributed by atoms with Crippen LogP contribution >= 0.6 is 22.6 Å². The summed E-state index contributed by atoms with van der Waals surface area (Å²) in [6.45, 7) is 1.82. The summed E-state index contributed by atoms with van der Waals surface area (Å²) >= 11 is 2.12. The van der Waals surface area contributed by atoms with Crippen LogP contribution in [0, 0.1) is 5.92 Å². The summed E-state index contributed by atoms with van der Waals surface area (Å²) in [5.74, 6) is -1.61. The molecule has 1 heterocycles. The number of halogens is 1. The standard InChI is InChI=1S/C14H14INO4/c1-8(7-15)11(14(19)20-2)16-12(17)9-5-3-4-6-10(9)13(16)18/h3-6,8,11H,7H2,1-2H3/t8-,11-/m0/s1. The van der Waals surface area contributed by atoms with E-state index in [9.17, 15) is 14.4 Å². The van der Waals surface area contributed by atoms with Crippen molar-refractivity contribution < 1.29 is 19.1 Å². The van der Waals surface area contributed by atoms with E-state index in [0.717, 1.165) is 4.90 Å². The number of hydrogen-bond acceptors (Lipinski definition) is 4. The van der Waals surface area contributed by atoms with Crippen LogP contribution in [0.3, 0.4) is 0 Å². The average Bonchev–Trinajstić information content (AvgIpc) is 2.72. The van der Waals surface area contributed by atoms with Crippen molar-refractivity contribution in [2.45, 2.75) is 13.0 Å². The van der Waals surface area contributed by atoms with Gasteiger partial charge in [0.1, 0.15) is 6.04 Å². The molecular formula is C14H14INO4. The molecule has 5 nitrogen and oxygen atoms in total. The lowest BCUT2D eigenvalue weighted by Gasteiger charge is -2.27. The van der Waals surface area contributed by atoms with Crippen LogP contribution in [0.4, 0.5) is 0 Å². The molecular weight excluding hydrogens is 373 g/mol. The van der Waals surface area contributed by atoms with Crippen LogP contribution in [0.2, 0.25) is 0 Å². The smallest absolute Gasteiger partial charge is 0.329 e. The first kappa shape index (κ1) is 15.0. The molecule has 2 atom stereocenters. The highest BCUT2D eigenvalue weighted by atomic mass is 127. The summed E-state index contributed by atoms with van der Waals surface area (Å²) in [6.07, 6.45) is 0. The molecule has 0 bridgehead atoms. The highest BCUT2D eigenvalue weighted by Crippen LogP contribution is 2.28. The third-order valence-corrected chi connectivity index (χ3v) is 4.72. The van der Waals surface area contributed by atoms with Crippen molar-refractivity contribution in [2.24, 2.45) is 5.92 Å². The number of esters is 1. The minimum atomic E-state index is -0.885. The Kier molecular flexibility index (Phi) is 4.42. The van der Waals surface area contributed by atoms with Crippen molar-refractivity contribution in [3.8, 4) is 0 Å². The predicted octanol–water partition coefficient (Wildman–Crippen LogP) is 1.90. The fraction of sp³-hybridized carbons (Fsp3) is 0.357. The third kappa shape index (κ3) is 2.32. The molecule has 0 unspecified atom stereocenters. The van der Waals surface area contributed by atoms with Crippen molar-refractivity contribution in [2.75, 3.05) is 11.5 Å². The molecule has 0 spiro atoms. The molecule has 0 N–H and O–H groups in total. The van der Waals surface area contributed by atoms with Gasteiger partial charge in [-0.1, -0.05) is 41.6 Å². The van der Waals surface area contributed by atoms with Gasteiger partial charge < -0.3 is 4.74 Å². The fourth-order valence-electron chi connectivity index (χ4n) is 2.26. The monoisotopic (exact) mass is 387 g/mol. The zero-order valence-corrected chi connectivity index (χ0v) is 13.3. The quantitative estimate of drug-likeness (QED) is 0.343. The number of rotatable bonds is 4. The molecule has 106 valence electrons. The summed E-state index contributed by atoms with van der Waals surface area (Å²) in [4.78, 5) is 37.8. The fourth-order valence-corrected chi connectivity index (χ4v) is 2.74. The number of imide groups is 1. The molecule has 1 aliphatic rings. The number of carbonyl (C=O) groups is 3. The lowest BCUT2D eigenvalue weighted by atomic mass is 10.0. The number of alkyl halides is 1. The number of fused-ring (bicyclic) bond motifs is 1. The van der Waals surface area contributed by atoms with Crippen molar-refractivity contribution in [1.29, 1.82) is 0 Å². The maximum Gasteiger partial charge on any atom is 0.329 e. The Morgan fingerprint density at radius 2 is 1.75 bits per heavy atom. The Hall–Kier alpha value is -1.44. The van der Waals surface area contributed by atoms with E-state index in [2.05, 4.69) is 22.6 Å². The van der Waals surface area contributed by atoms with E-state index >= 15 is 0 Å². The zero-order chi connectivity index (χ0) is 14.9. The van der Waals surface area contributed by atoms with Crippen LogP contribution in [0.1, 0.15) is 27.6 Å². The van der Waals surface area contributed by atoms with Crippen LogP contribution in [-0.2, 0) is 9.53 Å². The second kappa shape index (κ2) is 5.90. The van der Waals surface area contributed by atoms with Crippen LogP contribution in [0.15, 0.2) is 24.3 Å². The minimum absolute atomic E-state index is 0.176. The van der Waals surface area contributed by atoms with Gasteiger partial charge >= 0.3 is 5.97 Å². The van der Waals surface area contributed by atoms with Gasteiger partial charge in [0.2, 0.25) is 0 Å². The highest BCUT2D eigenvalue weighted by molar-refractivity contribution is 14.1.